The SMILES string of the molecule is C/C(=C\c1csc(C)n1)C1CO1. The molecule has 0 spiro atoms. The molecule has 0 radical (unpaired) electrons. The molecule has 0 N–H and O–H groups in total. The molecule has 1 unspecified atom stereocenters. The Balaban J connectivity index is 2.15. The molecule has 2 rings (SSSR count). The molecule has 3 heteroatoms. The van der Waals surface area contributed by atoms with E-state index in [9.17, 15) is 0 Å². The summed E-state index contributed by atoms with van der Waals surface area (Å²) in [6.45, 7) is 4.99. The van der Waals surface area contributed by atoms with Crippen molar-refractivity contribution in [3.8, 4) is 0 Å². The molecule has 0 amide bonds. The topological polar surface area (TPSA) is 25.4 Å². The van der Waals surface area contributed by atoms with Gasteiger partial charge in [-0.15, -0.1) is 11.3 Å². The normalized spacial score (nSPS) is 22.8. The molecule has 0 aliphatic carbocycles. The Kier molecular flexibility index (Phi) is 1.98. The molecule has 0 saturated carbocycles. The minimum Gasteiger partial charge on any atom is -0.368 e. The van der Waals surface area contributed by atoms with Crippen molar-refractivity contribution in [2.24, 2.45) is 0 Å². The Morgan fingerprint density at radius 2 is 2.58 bits per heavy atom. The number of aryl methyl sites for hydroxylation is 1. The number of ether oxygens (including phenoxy) is 1. The Labute approximate surface area is 75.9 Å². The van der Waals surface area contributed by atoms with Gasteiger partial charge in [0, 0.05) is 5.38 Å². The molecular formula is C9H11NOS. The summed E-state index contributed by atoms with van der Waals surface area (Å²) in [6, 6.07) is 0. The highest BCUT2D eigenvalue weighted by Gasteiger charge is 2.24. The van der Waals surface area contributed by atoms with Gasteiger partial charge < -0.3 is 4.74 Å². The van der Waals surface area contributed by atoms with Crippen molar-refractivity contribution in [3.05, 3.63) is 21.7 Å². The van der Waals surface area contributed by atoms with Crippen LogP contribution in [0.3, 0.4) is 0 Å². The fourth-order valence-corrected chi connectivity index (χ4v) is 1.65. The number of nitrogens with zero attached hydrogens (tertiary/aromatic N) is 1. The molecule has 2 nitrogen and oxygen atoms in total. The van der Waals surface area contributed by atoms with Crippen molar-refractivity contribution in [1.29, 1.82) is 0 Å². The molecule has 1 saturated heterocycles. The maximum atomic E-state index is 5.16. The average Bonchev–Trinajstić information content (AvgIpc) is 2.78. The third-order valence-electron chi connectivity index (χ3n) is 1.85. The third kappa shape index (κ3) is 1.73. The van der Waals surface area contributed by atoms with Crippen LogP contribution in [0.1, 0.15) is 17.6 Å². The Morgan fingerprint density at radius 3 is 3.08 bits per heavy atom. The van der Waals surface area contributed by atoms with E-state index in [4.69, 9.17) is 4.74 Å². The fourth-order valence-electron chi connectivity index (χ4n) is 1.08. The minimum absolute atomic E-state index is 0.368. The smallest absolute Gasteiger partial charge is 0.102 e. The van der Waals surface area contributed by atoms with E-state index in [1.165, 1.54) is 5.57 Å². The van der Waals surface area contributed by atoms with Crippen molar-refractivity contribution < 1.29 is 4.74 Å². The van der Waals surface area contributed by atoms with E-state index in [1.807, 2.05) is 6.92 Å². The lowest BCUT2D eigenvalue weighted by molar-refractivity contribution is 0.432. The first-order valence-electron chi connectivity index (χ1n) is 3.97. The number of hydrogen-bond donors (Lipinski definition) is 0. The number of epoxide rings is 1. The lowest BCUT2D eigenvalue weighted by atomic mass is 10.2. The summed E-state index contributed by atoms with van der Waals surface area (Å²) in [6.07, 6.45) is 2.47. The second-order valence-corrected chi connectivity index (χ2v) is 4.06. The lowest BCUT2D eigenvalue weighted by Gasteiger charge is -1.90. The summed E-state index contributed by atoms with van der Waals surface area (Å²) in [5.41, 5.74) is 2.34. The van der Waals surface area contributed by atoms with Crippen molar-refractivity contribution in [1.82, 2.24) is 4.98 Å². The van der Waals surface area contributed by atoms with E-state index in [-0.39, 0.29) is 0 Å². The molecule has 1 aliphatic rings. The number of rotatable bonds is 2. The lowest BCUT2D eigenvalue weighted by Crippen LogP contribution is -1.86. The zero-order valence-electron chi connectivity index (χ0n) is 7.20. The number of hydrogen-bond acceptors (Lipinski definition) is 3. The van der Waals surface area contributed by atoms with Gasteiger partial charge >= 0.3 is 0 Å². The second-order valence-electron chi connectivity index (χ2n) is 3.00. The standard InChI is InChI=1S/C9H11NOS/c1-6(9-4-11-9)3-8-5-12-7(2)10-8/h3,5,9H,4H2,1-2H3/b6-3+. The predicted molar refractivity (Wildman–Crippen MR) is 50.2 cm³/mol. The van der Waals surface area contributed by atoms with E-state index in [1.54, 1.807) is 11.3 Å². The molecule has 1 aromatic heterocycles. The van der Waals surface area contributed by atoms with Crippen molar-refractivity contribution in [3.63, 3.8) is 0 Å². The quantitative estimate of drug-likeness (QED) is 0.654. The van der Waals surface area contributed by atoms with Crippen LogP contribution in [0.5, 0.6) is 0 Å². The zero-order chi connectivity index (χ0) is 8.55. The van der Waals surface area contributed by atoms with E-state index in [0.717, 1.165) is 17.3 Å². The van der Waals surface area contributed by atoms with E-state index >= 15 is 0 Å². The van der Waals surface area contributed by atoms with Gasteiger partial charge in [0.1, 0.15) is 6.10 Å². The molecule has 64 valence electrons. The van der Waals surface area contributed by atoms with Crippen molar-refractivity contribution >= 4 is 17.4 Å². The molecule has 2 heterocycles. The first kappa shape index (κ1) is 7.95. The highest BCUT2D eigenvalue weighted by molar-refractivity contribution is 7.09. The van der Waals surface area contributed by atoms with Crippen LogP contribution in [-0.2, 0) is 4.74 Å². The largest absolute Gasteiger partial charge is 0.368 e. The number of aromatic nitrogens is 1. The van der Waals surface area contributed by atoms with Gasteiger partial charge in [0.25, 0.3) is 0 Å². The molecule has 1 atom stereocenters. The van der Waals surface area contributed by atoms with Gasteiger partial charge in [0.15, 0.2) is 0 Å². The van der Waals surface area contributed by atoms with Crippen LogP contribution in [0.2, 0.25) is 0 Å². The molecular weight excluding hydrogens is 170 g/mol. The average molecular weight is 181 g/mol. The van der Waals surface area contributed by atoms with Gasteiger partial charge in [0.05, 0.1) is 17.3 Å². The molecule has 1 aliphatic heterocycles. The van der Waals surface area contributed by atoms with Gasteiger partial charge in [-0.2, -0.15) is 0 Å². The van der Waals surface area contributed by atoms with Crippen LogP contribution in [-0.4, -0.2) is 17.7 Å². The Hall–Kier alpha value is -0.670. The fraction of sp³-hybridized carbons (Fsp3) is 0.444. The number of thiazole rings is 1. The highest BCUT2D eigenvalue weighted by Crippen LogP contribution is 2.21. The molecule has 0 aromatic carbocycles. The van der Waals surface area contributed by atoms with Crippen LogP contribution in [0.15, 0.2) is 11.0 Å². The minimum atomic E-state index is 0.368. The van der Waals surface area contributed by atoms with Crippen LogP contribution in [0, 0.1) is 6.92 Å². The summed E-state index contributed by atoms with van der Waals surface area (Å²) in [7, 11) is 0. The maximum absolute atomic E-state index is 5.16. The van der Waals surface area contributed by atoms with E-state index in [2.05, 4.69) is 23.4 Å². The van der Waals surface area contributed by atoms with Gasteiger partial charge in [0.2, 0.25) is 0 Å². The summed E-state index contributed by atoms with van der Waals surface area (Å²) >= 11 is 1.68. The van der Waals surface area contributed by atoms with E-state index in [0.29, 0.717) is 6.10 Å². The molecule has 1 fully saturated rings. The van der Waals surface area contributed by atoms with Crippen molar-refractivity contribution in [2.45, 2.75) is 20.0 Å². The third-order valence-corrected chi connectivity index (χ3v) is 2.65. The highest BCUT2D eigenvalue weighted by atomic mass is 32.1. The zero-order valence-corrected chi connectivity index (χ0v) is 8.02. The van der Waals surface area contributed by atoms with Crippen LogP contribution in [0.4, 0.5) is 0 Å². The van der Waals surface area contributed by atoms with E-state index < -0.39 is 0 Å². The summed E-state index contributed by atoms with van der Waals surface area (Å²) < 4.78 is 5.16. The molecule has 12 heavy (non-hydrogen) atoms. The van der Waals surface area contributed by atoms with Gasteiger partial charge in [-0.25, -0.2) is 4.98 Å². The molecule has 1 aromatic rings. The Morgan fingerprint density at radius 1 is 1.83 bits per heavy atom. The van der Waals surface area contributed by atoms with Crippen LogP contribution in [0.25, 0.3) is 6.08 Å². The van der Waals surface area contributed by atoms with Gasteiger partial charge in [-0.05, 0) is 25.5 Å². The monoisotopic (exact) mass is 181 g/mol. The summed E-state index contributed by atoms with van der Waals surface area (Å²) in [5, 5.41) is 3.19. The Bertz CT molecular complexity index is 312. The van der Waals surface area contributed by atoms with Crippen LogP contribution >= 0.6 is 11.3 Å². The molecule has 0 bridgehead atoms. The predicted octanol–water partition coefficient (Wildman–Crippen LogP) is 2.25. The summed E-state index contributed by atoms with van der Waals surface area (Å²) in [4.78, 5) is 4.35. The van der Waals surface area contributed by atoms with Gasteiger partial charge in [-0.3, -0.25) is 0 Å². The van der Waals surface area contributed by atoms with Crippen molar-refractivity contribution in [2.75, 3.05) is 6.61 Å². The summed E-state index contributed by atoms with van der Waals surface area (Å²) in [5.74, 6) is 0. The maximum Gasteiger partial charge on any atom is 0.102 e. The first-order chi connectivity index (χ1) is 5.75. The van der Waals surface area contributed by atoms with Crippen LogP contribution < -0.4 is 0 Å². The first-order valence-corrected chi connectivity index (χ1v) is 4.85. The second kappa shape index (κ2) is 2.99. The van der Waals surface area contributed by atoms with Gasteiger partial charge in [-0.1, -0.05) is 0 Å².